The van der Waals surface area contributed by atoms with Crippen LogP contribution in [0.5, 0.6) is 5.75 Å². The molecule has 0 radical (unpaired) electrons. The Labute approximate surface area is 141 Å². The van der Waals surface area contributed by atoms with Gasteiger partial charge in [-0.2, -0.15) is 0 Å². The van der Waals surface area contributed by atoms with Gasteiger partial charge in [-0.15, -0.1) is 0 Å². The fraction of sp³-hybridized carbons (Fsp3) is 0.308. The molecule has 0 spiro atoms. The number of benzene rings is 1. The third kappa shape index (κ3) is 3.82. The first-order chi connectivity index (χ1) is 10.3. The Bertz CT molecular complexity index is 683. The second kappa shape index (κ2) is 6.73. The first-order valence-corrected chi connectivity index (χ1v) is 7.45. The third-order valence-corrected chi connectivity index (χ3v) is 3.60. The summed E-state index contributed by atoms with van der Waals surface area (Å²) in [6, 6.07) is 6.66. The van der Waals surface area contributed by atoms with Gasteiger partial charge in [0.25, 0.3) is 0 Å². The summed E-state index contributed by atoms with van der Waals surface area (Å²) in [5.41, 5.74) is 0.472. The quantitative estimate of drug-likeness (QED) is 0.452. The second-order valence-corrected chi connectivity index (χ2v) is 6.63. The van der Waals surface area contributed by atoms with Crippen LogP contribution in [0.25, 0.3) is 0 Å². The highest BCUT2D eigenvalue weighted by Crippen LogP contribution is 2.39. The molecule has 1 aromatic heterocycles. The fourth-order valence-electron chi connectivity index (χ4n) is 1.92. The maximum absolute atomic E-state index is 10.9. The van der Waals surface area contributed by atoms with E-state index < -0.39 is 8.72 Å². The molecule has 0 saturated carbocycles. The fourth-order valence-corrected chi connectivity index (χ4v) is 2.27. The molecule has 2 rings (SSSR count). The highest BCUT2D eigenvalue weighted by Gasteiger charge is 2.23. The molecule has 0 unspecified atom stereocenters. The molecule has 9 heteroatoms. The second-order valence-electron chi connectivity index (χ2n) is 4.35. The predicted octanol–water partition coefficient (Wildman–Crippen LogP) is 4.22. The number of alkyl halides is 3. The van der Waals surface area contributed by atoms with E-state index in [0.717, 1.165) is 0 Å². The van der Waals surface area contributed by atoms with E-state index in [1.807, 2.05) is 0 Å². The summed E-state index contributed by atoms with van der Waals surface area (Å²) in [5.74, 6) is 0.863. The van der Waals surface area contributed by atoms with Gasteiger partial charge in [0.15, 0.2) is 6.61 Å². The van der Waals surface area contributed by atoms with Gasteiger partial charge in [0, 0.05) is 5.56 Å². The summed E-state index contributed by atoms with van der Waals surface area (Å²) in [6.07, 6.45) is 1.21. The van der Waals surface area contributed by atoms with E-state index in [0.29, 0.717) is 23.7 Å². The Morgan fingerprint density at radius 2 is 2.14 bits per heavy atom. The molecule has 118 valence electrons. The SMILES string of the molecule is CCn1c([N+](=O)[O-])cnc1COc1cccc(C(Cl)(Cl)Cl)c1. The van der Waals surface area contributed by atoms with Crippen LogP contribution < -0.4 is 4.74 Å². The van der Waals surface area contributed by atoms with E-state index in [1.54, 1.807) is 31.2 Å². The maximum atomic E-state index is 10.9. The predicted molar refractivity (Wildman–Crippen MR) is 84.6 cm³/mol. The average molecular weight is 365 g/mol. The van der Waals surface area contributed by atoms with E-state index in [-0.39, 0.29) is 12.4 Å². The van der Waals surface area contributed by atoms with Crippen LogP contribution >= 0.6 is 34.8 Å². The minimum absolute atomic E-state index is 0.0730. The largest absolute Gasteiger partial charge is 0.483 e. The summed E-state index contributed by atoms with van der Waals surface area (Å²) in [4.78, 5) is 14.4. The monoisotopic (exact) mass is 363 g/mol. The zero-order valence-electron chi connectivity index (χ0n) is 11.5. The van der Waals surface area contributed by atoms with Crippen LogP contribution in [-0.2, 0) is 16.9 Å². The van der Waals surface area contributed by atoms with Gasteiger partial charge in [-0.25, -0.2) is 9.55 Å². The first kappa shape index (κ1) is 16.9. The van der Waals surface area contributed by atoms with Crippen molar-refractivity contribution < 1.29 is 9.66 Å². The van der Waals surface area contributed by atoms with Crippen molar-refractivity contribution in [3.63, 3.8) is 0 Å². The van der Waals surface area contributed by atoms with Crippen molar-refractivity contribution in [1.82, 2.24) is 9.55 Å². The van der Waals surface area contributed by atoms with Crippen LogP contribution in [0, 0.1) is 10.1 Å². The topological polar surface area (TPSA) is 70.2 Å². The standard InChI is InChI=1S/C13H12Cl3N3O3/c1-2-18-11(17-7-12(18)19(20)21)8-22-10-5-3-4-9(6-10)13(14,15)16/h3-7H,2,8H2,1H3. The Morgan fingerprint density at radius 3 is 2.73 bits per heavy atom. The molecule has 0 fully saturated rings. The normalized spacial score (nSPS) is 11.5. The number of hydrogen-bond donors (Lipinski definition) is 0. The molecule has 1 aromatic carbocycles. The highest BCUT2D eigenvalue weighted by atomic mass is 35.6. The van der Waals surface area contributed by atoms with Gasteiger partial charge in [0.1, 0.15) is 11.9 Å². The number of imidazole rings is 1. The first-order valence-electron chi connectivity index (χ1n) is 6.31. The molecule has 0 aliphatic carbocycles. The van der Waals surface area contributed by atoms with Crippen LogP contribution in [0.4, 0.5) is 5.82 Å². The lowest BCUT2D eigenvalue weighted by Crippen LogP contribution is -2.08. The third-order valence-electron chi connectivity index (χ3n) is 2.95. The molecule has 0 bridgehead atoms. The van der Waals surface area contributed by atoms with Crippen molar-refractivity contribution >= 4 is 40.6 Å². The molecular formula is C13H12Cl3N3O3. The molecule has 0 N–H and O–H groups in total. The molecule has 0 aliphatic heterocycles. The molecule has 1 heterocycles. The number of hydrogen-bond acceptors (Lipinski definition) is 4. The summed E-state index contributed by atoms with van der Waals surface area (Å²) in [6.45, 7) is 2.29. The Kier molecular flexibility index (Phi) is 5.16. The molecule has 0 saturated heterocycles. The van der Waals surface area contributed by atoms with Crippen LogP contribution in [0.3, 0.4) is 0 Å². The summed E-state index contributed by atoms with van der Waals surface area (Å²) < 4.78 is 5.51. The van der Waals surface area contributed by atoms with Crippen LogP contribution in [0.1, 0.15) is 18.3 Å². The Morgan fingerprint density at radius 1 is 1.41 bits per heavy atom. The van der Waals surface area contributed by atoms with Crippen molar-refractivity contribution in [2.24, 2.45) is 0 Å². The lowest BCUT2D eigenvalue weighted by Gasteiger charge is -2.12. The molecule has 0 aliphatic rings. The zero-order valence-corrected chi connectivity index (χ0v) is 13.8. The number of rotatable bonds is 5. The molecule has 0 amide bonds. The lowest BCUT2D eigenvalue weighted by molar-refractivity contribution is -0.392. The van der Waals surface area contributed by atoms with Crippen molar-refractivity contribution in [2.45, 2.75) is 23.9 Å². The molecule has 0 atom stereocenters. The van der Waals surface area contributed by atoms with Crippen LogP contribution in [-0.4, -0.2) is 14.5 Å². The molecule has 6 nitrogen and oxygen atoms in total. The number of nitrogens with zero attached hydrogens (tertiary/aromatic N) is 3. The van der Waals surface area contributed by atoms with Gasteiger partial charge >= 0.3 is 5.82 Å². The van der Waals surface area contributed by atoms with E-state index in [4.69, 9.17) is 39.5 Å². The summed E-state index contributed by atoms with van der Waals surface area (Å²) in [7, 11) is 0. The lowest BCUT2D eigenvalue weighted by atomic mass is 10.2. The molecule has 2 aromatic rings. The van der Waals surface area contributed by atoms with Crippen molar-refractivity contribution in [3.8, 4) is 5.75 Å². The maximum Gasteiger partial charge on any atom is 0.342 e. The van der Waals surface area contributed by atoms with Crippen LogP contribution in [0.15, 0.2) is 30.5 Å². The summed E-state index contributed by atoms with van der Waals surface area (Å²) in [5, 5.41) is 10.9. The van der Waals surface area contributed by atoms with E-state index in [2.05, 4.69) is 4.98 Å². The minimum Gasteiger partial charge on any atom is -0.483 e. The zero-order chi connectivity index (χ0) is 16.3. The van der Waals surface area contributed by atoms with Gasteiger partial charge in [-0.3, -0.25) is 0 Å². The van der Waals surface area contributed by atoms with Crippen LogP contribution in [0.2, 0.25) is 0 Å². The Balaban J connectivity index is 2.16. The van der Waals surface area contributed by atoms with Crippen molar-refractivity contribution in [1.29, 1.82) is 0 Å². The number of nitro groups is 1. The molecular weight excluding hydrogens is 353 g/mol. The van der Waals surface area contributed by atoms with E-state index in [9.17, 15) is 10.1 Å². The smallest absolute Gasteiger partial charge is 0.342 e. The van der Waals surface area contributed by atoms with Gasteiger partial charge in [0.2, 0.25) is 9.62 Å². The summed E-state index contributed by atoms with van der Waals surface area (Å²) >= 11 is 17.5. The van der Waals surface area contributed by atoms with Gasteiger partial charge in [-0.05, 0) is 24.0 Å². The van der Waals surface area contributed by atoms with Gasteiger partial charge < -0.3 is 14.9 Å². The average Bonchev–Trinajstić information content (AvgIpc) is 2.87. The van der Waals surface area contributed by atoms with Gasteiger partial charge in [0.05, 0.1) is 6.54 Å². The van der Waals surface area contributed by atoms with Crippen molar-refractivity contribution in [3.05, 3.63) is 52.0 Å². The Hall–Kier alpha value is -1.50. The van der Waals surface area contributed by atoms with Gasteiger partial charge in [-0.1, -0.05) is 46.9 Å². The van der Waals surface area contributed by atoms with E-state index >= 15 is 0 Å². The van der Waals surface area contributed by atoms with Crippen molar-refractivity contribution in [2.75, 3.05) is 0 Å². The minimum atomic E-state index is -1.54. The van der Waals surface area contributed by atoms with E-state index in [1.165, 1.54) is 10.8 Å². The highest BCUT2D eigenvalue weighted by molar-refractivity contribution is 6.66. The molecule has 22 heavy (non-hydrogen) atoms. The number of halogens is 3. The number of aromatic nitrogens is 2. The number of ether oxygens (including phenoxy) is 1.